The third-order valence-electron chi connectivity index (χ3n) is 3.13. The van der Waals surface area contributed by atoms with Gasteiger partial charge in [-0.25, -0.2) is 0 Å². The van der Waals surface area contributed by atoms with Crippen molar-refractivity contribution in [2.45, 2.75) is 31.8 Å². The van der Waals surface area contributed by atoms with Gasteiger partial charge in [-0.05, 0) is 20.9 Å². The predicted molar refractivity (Wildman–Crippen MR) is 64.5 cm³/mol. The molecule has 4 nitrogen and oxygen atoms in total. The van der Waals surface area contributed by atoms with Crippen molar-refractivity contribution in [3.05, 3.63) is 12.7 Å². The molecule has 0 radical (unpaired) electrons. The van der Waals surface area contributed by atoms with Gasteiger partial charge in [0.15, 0.2) is 0 Å². The van der Waals surface area contributed by atoms with Gasteiger partial charge < -0.3 is 10.0 Å². The van der Waals surface area contributed by atoms with E-state index in [1.165, 1.54) is 0 Å². The minimum absolute atomic E-state index is 0.00130. The lowest BCUT2D eigenvalue weighted by Crippen LogP contribution is -2.63. The van der Waals surface area contributed by atoms with Crippen LogP contribution in [0.1, 0.15) is 20.3 Å². The second-order valence-corrected chi connectivity index (χ2v) is 5.20. The standard InChI is InChI=1S/C12H22N2O2/c1-5-6-14-10(7-11(15)16)8-13(4)9-12(14,2)3/h5,10H,1,6-9H2,2-4H3,(H,15,16). The topological polar surface area (TPSA) is 43.8 Å². The molecule has 16 heavy (non-hydrogen) atoms. The Labute approximate surface area is 97.5 Å². The first-order valence-corrected chi connectivity index (χ1v) is 5.65. The van der Waals surface area contributed by atoms with E-state index in [2.05, 4.69) is 30.2 Å². The zero-order chi connectivity index (χ0) is 12.3. The highest BCUT2D eigenvalue weighted by molar-refractivity contribution is 5.67. The van der Waals surface area contributed by atoms with Gasteiger partial charge in [0.2, 0.25) is 0 Å². The van der Waals surface area contributed by atoms with Crippen molar-refractivity contribution in [1.29, 1.82) is 0 Å². The van der Waals surface area contributed by atoms with Crippen LogP contribution in [0.15, 0.2) is 12.7 Å². The van der Waals surface area contributed by atoms with Crippen molar-refractivity contribution in [3.8, 4) is 0 Å². The Balaban J connectivity index is 2.83. The number of aliphatic carboxylic acids is 1. The van der Waals surface area contributed by atoms with E-state index in [0.717, 1.165) is 19.6 Å². The van der Waals surface area contributed by atoms with Crippen molar-refractivity contribution in [2.24, 2.45) is 0 Å². The summed E-state index contributed by atoms with van der Waals surface area (Å²) in [5.41, 5.74) is 0.00130. The van der Waals surface area contributed by atoms with Gasteiger partial charge in [-0.15, -0.1) is 6.58 Å². The number of carboxylic acid groups (broad SMARTS) is 1. The number of carbonyl (C=O) groups is 1. The number of likely N-dealkylation sites (N-methyl/N-ethyl adjacent to an activating group) is 1. The van der Waals surface area contributed by atoms with Crippen LogP contribution in [0.5, 0.6) is 0 Å². The molecule has 0 aliphatic carbocycles. The zero-order valence-electron chi connectivity index (χ0n) is 10.4. The summed E-state index contributed by atoms with van der Waals surface area (Å²) in [4.78, 5) is 15.3. The summed E-state index contributed by atoms with van der Waals surface area (Å²) in [6.45, 7) is 10.6. The Bertz CT molecular complexity index is 276. The maximum absolute atomic E-state index is 10.9. The van der Waals surface area contributed by atoms with Crippen LogP contribution >= 0.6 is 0 Å². The monoisotopic (exact) mass is 226 g/mol. The third kappa shape index (κ3) is 3.06. The van der Waals surface area contributed by atoms with Crippen molar-refractivity contribution in [2.75, 3.05) is 26.7 Å². The molecule has 0 spiro atoms. The molecular formula is C12H22N2O2. The van der Waals surface area contributed by atoms with Gasteiger partial charge in [0.25, 0.3) is 0 Å². The van der Waals surface area contributed by atoms with Crippen LogP contribution in [0.25, 0.3) is 0 Å². The fourth-order valence-electron chi connectivity index (χ4n) is 2.68. The van der Waals surface area contributed by atoms with E-state index in [9.17, 15) is 4.79 Å². The number of rotatable bonds is 4. The van der Waals surface area contributed by atoms with Gasteiger partial charge in [-0.3, -0.25) is 9.69 Å². The van der Waals surface area contributed by atoms with Crippen molar-refractivity contribution < 1.29 is 9.90 Å². The molecule has 1 aliphatic rings. The second-order valence-electron chi connectivity index (χ2n) is 5.20. The maximum atomic E-state index is 10.9. The number of hydrogen-bond acceptors (Lipinski definition) is 3. The fraction of sp³-hybridized carbons (Fsp3) is 0.750. The Hall–Kier alpha value is -0.870. The van der Waals surface area contributed by atoms with Crippen LogP contribution in [0.2, 0.25) is 0 Å². The summed E-state index contributed by atoms with van der Waals surface area (Å²) in [5.74, 6) is -0.731. The molecule has 0 bridgehead atoms. The van der Waals surface area contributed by atoms with Gasteiger partial charge in [0, 0.05) is 31.2 Å². The van der Waals surface area contributed by atoms with Crippen LogP contribution in [0.3, 0.4) is 0 Å². The Kier molecular flexibility index (Phi) is 4.10. The van der Waals surface area contributed by atoms with Crippen LogP contribution in [0, 0.1) is 0 Å². The summed E-state index contributed by atoms with van der Waals surface area (Å²) in [6.07, 6.45) is 2.05. The Morgan fingerprint density at radius 2 is 2.25 bits per heavy atom. The number of hydrogen-bond donors (Lipinski definition) is 1. The molecule has 92 valence electrons. The molecule has 1 fully saturated rings. The summed E-state index contributed by atoms with van der Waals surface area (Å²) in [7, 11) is 2.04. The van der Waals surface area contributed by atoms with Crippen LogP contribution in [-0.2, 0) is 4.79 Å². The van der Waals surface area contributed by atoms with Crippen LogP contribution < -0.4 is 0 Å². The van der Waals surface area contributed by atoms with Gasteiger partial charge in [0.05, 0.1) is 6.42 Å². The summed E-state index contributed by atoms with van der Waals surface area (Å²) in [6, 6.07) is 0.0734. The van der Waals surface area contributed by atoms with Crippen LogP contribution in [0.4, 0.5) is 0 Å². The molecule has 1 N–H and O–H groups in total. The zero-order valence-corrected chi connectivity index (χ0v) is 10.4. The third-order valence-corrected chi connectivity index (χ3v) is 3.13. The molecule has 0 amide bonds. The normalized spacial score (nSPS) is 26.6. The number of piperazine rings is 1. The van der Waals surface area contributed by atoms with Gasteiger partial charge >= 0.3 is 5.97 Å². The predicted octanol–water partition coefficient (Wildman–Crippen LogP) is 1.04. The molecule has 4 heteroatoms. The Morgan fingerprint density at radius 1 is 1.62 bits per heavy atom. The molecule has 0 saturated carbocycles. The molecule has 1 unspecified atom stereocenters. The largest absolute Gasteiger partial charge is 0.481 e. The average molecular weight is 226 g/mol. The molecule has 1 aliphatic heterocycles. The molecule has 1 rings (SSSR count). The summed E-state index contributed by atoms with van der Waals surface area (Å²) >= 11 is 0. The lowest BCUT2D eigenvalue weighted by molar-refractivity contribution is -0.140. The van der Waals surface area contributed by atoms with E-state index >= 15 is 0 Å². The molecular weight excluding hydrogens is 204 g/mol. The van der Waals surface area contributed by atoms with Crippen molar-refractivity contribution in [1.82, 2.24) is 9.80 Å². The highest BCUT2D eigenvalue weighted by Crippen LogP contribution is 2.25. The number of carboxylic acids is 1. The first-order valence-electron chi connectivity index (χ1n) is 5.65. The first-order chi connectivity index (χ1) is 7.36. The van der Waals surface area contributed by atoms with E-state index in [1.807, 2.05) is 13.1 Å². The molecule has 1 atom stereocenters. The quantitative estimate of drug-likeness (QED) is 0.727. The van der Waals surface area contributed by atoms with Gasteiger partial charge in [-0.1, -0.05) is 6.08 Å². The van der Waals surface area contributed by atoms with Crippen LogP contribution in [-0.4, -0.2) is 59.1 Å². The van der Waals surface area contributed by atoms with Crippen molar-refractivity contribution >= 4 is 5.97 Å². The van der Waals surface area contributed by atoms with Gasteiger partial charge in [-0.2, -0.15) is 0 Å². The van der Waals surface area contributed by atoms with E-state index in [1.54, 1.807) is 0 Å². The lowest BCUT2D eigenvalue weighted by Gasteiger charge is -2.50. The van der Waals surface area contributed by atoms with E-state index in [-0.39, 0.29) is 18.0 Å². The van der Waals surface area contributed by atoms with E-state index in [4.69, 9.17) is 5.11 Å². The maximum Gasteiger partial charge on any atom is 0.304 e. The Morgan fingerprint density at radius 3 is 2.75 bits per heavy atom. The molecule has 0 aromatic carbocycles. The molecule has 0 aromatic heterocycles. The fourth-order valence-corrected chi connectivity index (χ4v) is 2.68. The molecule has 0 aromatic rings. The molecule has 1 saturated heterocycles. The summed E-state index contributed by atoms with van der Waals surface area (Å²) in [5, 5.41) is 8.94. The highest BCUT2D eigenvalue weighted by atomic mass is 16.4. The molecule has 1 heterocycles. The van der Waals surface area contributed by atoms with E-state index in [0.29, 0.717) is 0 Å². The van der Waals surface area contributed by atoms with E-state index < -0.39 is 5.97 Å². The minimum atomic E-state index is -0.731. The van der Waals surface area contributed by atoms with Crippen molar-refractivity contribution in [3.63, 3.8) is 0 Å². The second kappa shape index (κ2) is 4.97. The first kappa shape index (κ1) is 13.2. The SMILES string of the molecule is C=CCN1C(CC(=O)O)CN(C)CC1(C)C. The minimum Gasteiger partial charge on any atom is -0.481 e. The van der Waals surface area contributed by atoms with Gasteiger partial charge in [0.1, 0.15) is 0 Å². The highest BCUT2D eigenvalue weighted by Gasteiger charge is 2.38. The lowest BCUT2D eigenvalue weighted by atomic mass is 9.93. The number of nitrogens with zero attached hydrogens (tertiary/aromatic N) is 2. The smallest absolute Gasteiger partial charge is 0.304 e. The summed E-state index contributed by atoms with van der Waals surface area (Å²) < 4.78 is 0. The average Bonchev–Trinajstić information content (AvgIpc) is 2.08.